The predicted molar refractivity (Wildman–Crippen MR) is 83.8 cm³/mol. The van der Waals surface area contributed by atoms with Gasteiger partial charge in [-0.05, 0) is 19.9 Å². The first-order valence-electron chi connectivity index (χ1n) is 8.08. The van der Waals surface area contributed by atoms with Crippen LogP contribution in [-0.4, -0.2) is 50.5 Å². The highest BCUT2D eigenvalue weighted by atomic mass is 32.2. The maximum atomic E-state index is 12.5. The second-order valence-corrected chi connectivity index (χ2v) is 8.33. The molecule has 2 fully saturated rings. The van der Waals surface area contributed by atoms with Crippen molar-refractivity contribution in [2.75, 3.05) is 6.61 Å². The molecule has 2 saturated heterocycles. The number of alkyl halides is 3. The minimum Gasteiger partial charge on any atom is -0.365 e. The third-order valence-corrected chi connectivity index (χ3v) is 5.21. The lowest BCUT2D eigenvalue weighted by Crippen LogP contribution is -2.46. The summed E-state index contributed by atoms with van der Waals surface area (Å²) in [6, 6.07) is 3.00. The van der Waals surface area contributed by atoms with E-state index in [0.29, 0.717) is 0 Å². The Morgan fingerprint density at radius 3 is 2.57 bits per heavy atom. The number of aromatic nitrogens is 1. The van der Waals surface area contributed by atoms with Crippen molar-refractivity contribution >= 4 is 16.0 Å². The van der Waals surface area contributed by atoms with Crippen molar-refractivity contribution in [1.29, 1.82) is 0 Å². The van der Waals surface area contributed by atoms with Gasteiger partial charge in [-0.2, -0.15) is 26.2 Å². The largest absolute Gasteiger partial charge is 0.523 e. The Balaban J connectivity index is 1.84. The molecular weight excluding hydrogens is 409 g/mol. The standard InChI is InChI=1S/C15H17F3N2O7S/c1-14(2)26-10-9(7-24-28(22,23)15(16,17)18)25-13(11(10)27-14)20-5-3-4-8(6-20)12(19)21/h3-6,9-11,13H,7H2,1-2H3,(H-,19,21)/p+1/t9-,10-,11-,13?/m1/s1. The first-order chi connectivity index (χ1) is 12.8. The first kappa shape index (κ1) is 20.9. The van der Waals surface area contributed by atoms with Crippen LogP contribution in [0.4, 0.5) is 13.2 Å². The molecule has 9 nitrogen and oxygen atoms in total. The maximum Gasteiger partial charge on any atom is 0.523 e. The van der Waals surface area contributed by atoms with Crippen LogP contribution in [0.5, 0.6) is 0 Å². The summed E-state index contributed by atoms with van der Waals surface area (Å²) >= 11 is 0. The van der Waals surface area contributed by atoms with Gasteiger partial charge >= 0.3 is 15.6 Å². The number of nitrogens with zero attached hydrogens (tertiary/aromatic N) is 1. The van der Waals surface area contributed by atoms with Crippen molar-refractivity contribution < 1.29 is 49.3 Å². The highest BCUT2D eigenvalue weighted by molar-refractivity contribution is 7.87. The van der Waals surface area contributed by atoms with Gasteiger partial charge in [0.1, 0.15) is 17.8 Å². The molecule has 0 saturated carbocycles. The van der Waals surface area contributed by atoms with Gasteiger partial charge in [0.05, 0.1) is 6.61 Å². The van der Waals surface area contributed by atoms with E-state index >= 15 is 0 Å². The van der Waals surface area contributed by atoms with Gasteiger partial charge in [-0.25, -0.2) is 0 Å². The van der Waals surface area contributed by atoms with E-state index in [1.165, 1.54) is 22.9 Å². The van der Waals surface area contributed by atoms with Crippen LogP contribution in [-0.2, 0) is 28.5 Å². The van der Waals surface area contributed by atoms with Crippen LogP contribution in [0, 0.1) is 0 Å². The molecule has 3 rings (SSSR count). The molecule has 2 aliphatic heterocycles. The number of nitrogens with two attached hydrogens (primary N) is 1. The lowest BCUT2D eigenvalue weighted by molar-refractivity contribution is -0.766. The molecule has 3 heterocycles. The number of primary amides is 1. The van der Waals surface area contributed by atoms with Crippen molar-refractivity contribution in [2.24, 2.45) is 5.73 Å². The molecule has 0 radical (unpaired) electrons. The van der Waals surface area contributed by atoms with Crippen molar-refractivity contribution in [2.45, 2.75) is 49.7 Å². The summed E-state index contributed by atoms with van der Waals surface area (Å²) in [7, 11) is -5.79. The molecule has 2 N–H and O–H groups in total. The molecule has 0 aromatic carbocycles. The maximum absolute atomic E-state index is 12.5. The van der Waals surface area contributed by atoms with E-state index in [1.807, 2.05) is 0 Å². The number of ether oxygens (including phenoxy) is 3. The average Bonchev–Trinajstić information content (AvgIpc) is 3.05. The molecule has 0 bridgehead atoms. The van der Waals surface area contributed by atoms with Gasteiger partial charge in [0.2, 0.25) is 0 Å². The summed E-state index contributed by atoms with van der Waals surface area (Å²) in [6.07, 6.45) is -0.835. The Morgan fingerprint density at radius 1 is 1.32 bits per heavy atom. The zero-order valence-corrected chi connectivity index (χ0v) is 15.6. The average molecular weight is 427 g/mol. The van der Waals surface area contributed by atoms with Crippen molar-refractivity contribution in [3.8, 4) is 0 Å². The summed E-state index contributed by atoms with van der Waals surface area (Å²) in [5.74, 6) is -1.77. The number of carbonyl (C=O) groups excluding carboxylic acids is 1. The molecule has 4 atom stereocenters. The molecular formula is C15H18F3N2O7S+. The van der Waals surface area contributed by atoms with Crippen LogP contribution in [0.3, 0.4) is 0 Å². The molecule has 2 aliphatic rings. The third kappa shape index (κ3) is 3.98. The second kappa shape index (κ2) is 6.91. The minimum atomic E-state index is -5.79. The number of hydrogen-bond acceptors (Lipinski definition) is 7. The minimum absolute atomic E-state index is 0.167. The van der Waals surface area contributed by atoms with Gasteiger partial charge in [-0.3, -0.25) is 8.98 Å². The highest BCUT2D eigenvalue weighted by Gasteiger charge is 2.60. The van der Waals surface area contributed by atoms with E-state index < -0.39 is 58.5 Å². The molecule has 28 heavy (non-hydrogen) atoms. The van der Waals surface area contributed by atoms with Crippen LogP contribution in [0.1, 0.15) is 30.4 Å². The highest BCUT2D eigenvalue weighted by Crippen LogP contribution is 2.41. The fraction of sp³-hybridized carbons (Fsp3) is 0.600. The van der Waals surface area contributed by atoms with Crippen LogP contribution in [0.15, 0.2) is 24.5 Å². The van der Waals surface area contributed by atoms with E-state index in [1.54, 1.807) is 20.0 Å². The topological polar surface area (TPSA) is 118 Å². The molecule has 0 spiro atoms. The van der Waals surface area contributed by atoms with Crippen LogP contribution in [0.2, 0.25) is 0 Å². The van der Waals surface area contributed by atoms with E-state index in [4.69, 9.17) is 19.9 Å². The zero-order chi connectivity index (χ0) is 20.9. The predicted octanol–water partition coefficient (Wildman–Crippen LogP) is 0.357. The monoisotopic (exact) mass is 427 g/mol. The third-order valence-electron chi connectivity index (χ3n) is 4.20. The lowest BCUT2D eigenvalue weighted by Gasteiger charge is -2.22. The molecule has 1 unspecified atom stereocenters. The van der Waals surface area contributed by atoms with Gasteiger partial charge in [-0.15, -0.1) is 0 Å². The van der Waals surface area contributed by atoms with Gasteiger partial charge < -0.3 is 19.9 Å². The second-order valence-electron chi connectivity index (χ2n) is 6.72. The Morgan fingerprint density at radius 2 is 1.96 bits per heavy atom. The number of amides is 1. The van der Waals surface area contributed by atoms with Crippen molar-refractivity contribution in [1.82, 2.24) is 0 Å². The summed E-state index contributed by atoms with van der Waals surface area (Å²) in [5, 5.41) is 0. The van der Waals surface area contributed by atoms with Crippen molar-refractivity contribution in [3.63, 3.8) is 0 Å². The number of fused-ring (bicyclic) bond motifs is 1. The number of halogens is 3. The van der Waals surface area contributed by atoms with Gasteiger partial charge in [-0.1, -0.05) is 0 Å². The fourth-order valence-electron chi connectivity index (χ4n) is 3.05. The molecule has 1 amide bonds. The summed E-state index contributed by atoms with van der Waals surface area (Å²) in [4.78, 5) is 11.4. The molecule has 1 aromatic heterocycles. The summed E-state index contributed by atoms with van der Waals surface area (Å²) in [6.45, 7) is 2.27. The van der Waals surface area contributed by atoms with E-state index in [9.17, 15) is 26.4 Å². The van der Waals surface area contributed by atoms with Crippen LogP contribution >= 0.6 is 0 Å². The molecule has 13 heteroatoms. The Kier molecular flexibility index (Phi) is 5.17. The normalized spacial score (nSPS) is 29.6. The summed E-state index contributed by atoms with van der Waals surface area (Å²) in [5.41, 5.74) is -0.135. The molecule has 156 valence electrons. The van der Waals surface area contributed by atoms with Crippen LogP contribution in [0.25, 0.3) is 0 Å². The van der Waals surface area contributed by atoms with Crippen molar-refractivity contribution in [3.05, 3.63) is 30.1 Å². The van der Waals surface area contributed by atoms with Gasteiger partial charge in [0, 0.05) is 6.07 Å². The van der Waals surface area contributed by atoms with Gasteiger partial charge in [0.25, 0.3) is 12.1 Å². The van der Waals surface area contributed by atoms with Crippen LogP contribution < -0.4 is 10.3 Å². The molecule has 0 aliphatic carbocycles. The number of hydrogen-bond donors (Lipinski definition) is 1. The van der Waals surface area contributed by atoms with E-state index in [2.05, 4.69) is 4.18 Å². The number of carbonyl (C=O) groups is 1. The number of pyridine rings is 1. The Hall–Kier alpha value is -1.80. The van der Waals surface area contributed by atoms with E-state index in [-0.39, 0.29) is 5.56 Å². The fourth-order valence-corrected chi connectivity index (χ4v) is 3.50. The molecule has 1 aromatic rings. The lowest BCUT2D eigenvalue weighted by atomic mass is 10.1. The summed E-state index contributed by atoms with van der Waals surface area (Å²) < 4.78 is 82.5. The SMILES string of the molecule is CC1(C)O[C@@H]2[C@@H](COS(=O)(=O)C(F)(F)F)OC([n+]3cccc(C(N)=O)c3)[C@@H]2O1. The Labute approximate surface area is 158 Å². The quantitative estimate of drug-likeness (QED) is 0.409. The Bertz CT molecular complexity index is 875. The smallest absolute Gasteiger partial charge is 0.365 e. The van der Waals surface area contributed by atoms with Gasteiger partial charge in [0.15, 0.2) is 24.3 Å². The number of rotatable bonds is 5. The van der Waals surface area contributed by atoms with E-state index in [0.717, 1.165) is 0 Å². The zero-order valence-electron chi connectivity index (χ0n) is 14.8. The first-order valence-corrected chi connectivity index (χ1v) is 9.49.